The number of rotatable bonds is 6. The van der Waals surface area contributed by atoms with Crippen molar-refractivity contribution < 1.29 is 19.3 Å². The van der Waals surface area contributed by atoms with Crippen LogP contribution in [0.25, 0.3) is 11.3 Å². The molecule has 0 saturated heterocycles. The van der Waals surface area contributed by atoms with Crippen LogP contribution >= 0.6 is 0 Å². The van der Waals surface area contributed by atoms with Gasteiger partial charge in [-0.15, -0.1) is 0 Å². The summed E-state index contributed by atoms with van der Waals surface area (Å²) in [6.07, 6.45) is 1.82. The molecule has 27 heavy (non-hydrogen) atoms. The lowest BCUT2D eigenvalue weighted by Crippen LogP contribution is -2.06. The first-order valence-electron chi connectivity index (χ1n) is 8.76. The zero-order valence-electron chi connectivity index (χ0n) is 15.2. The summed E-state index contributed by atoms with van der Waals surface area (Å²) in [5, 5.41) is 13.1. The number of imidazole rings is 1. The van der Waals surface area contributed by atoms with Crippen LogP contribution in [0.4, 0.5) is 5.95 Å². The number of aromatic nitrogens is 2. The van der Waals surface area contributed by atoms with E-state index in [0.717, 1.165) is 34.3 Å². The molecule has 0 aliphatic carbocycles. The van der Waals surface area contributed by atoms with Gasteiger partial charge in [0, 0.05) is 19.2 Å². The smallest absolute Gasteiger partial charge is 0.231 e. The van der Waals surface area contributed by atoms with Gasteiger partial charge in [-0.3, -0.25) is 0 Å². The molecule has 4 rings (SSSR count). The molecule has 0 unspecified atom stereocenters. The van der Waals surface area contributed by atoms with E-state index in [1.165, 1.54) is 0 Å². The minimum Gasteiger partial charge on any atom is -0.504 e. The number of anilines is 1. The van der Waals surface area contributed by atoms with Crippen LogP contribution in [0, 0.1) is 0 Å². The number of phenols is 1. The number of aromatic hydroxyl groups is 1. The Balaban J connectivity index is 1.51. The average Bonchev–Trinajstić information content (AvgIpc) is 3.28. The van der Waals surface area contributed by atoms with E-state index in [-0.39, 0.29) is 12.5 Å². The highest BCUT2D eigenvalue weighted by molar-refractivity contribution is 5.66. The van der Waals surface area contributed by atoms with Crippen LogP contribution in [-0.4, -0.2) is 28.1 Å². The second-order valence-electron chi connectivity index (χ2n) is 6.18. The molecule has 2 heterocycles. The Morgan fingerprint density at radius 2 is 2.04 bits per heavy atom. The molecule has 0 amide bonds. The summed E-state index contributed by atoms with van der Waals surface area (Å²) >= 11 is 0. The Morgan fingerprint density at radius 1 is 1.19 bits per heavy atom. The predicted molar refractivity (Wildman–Crippen MR) is 101 cm³/mol. The molecular weight excluding hydrogens is 346 g/mol. The summed E-state index contributed by atoms with van der Waals surface area (Å²) in [4.78, 5) is 4.48. The number of nitrogens with zero attached hydrogens (tertiary/aromatic N) is 2. The molecule has 3 aromatic rings. The van der Waals surface area contributed by atoms with Gasteiger partial charge >= 0.3 is 0 Å². The maximum Gasteiger partial charge on any atom is 0.231 e. The second-order valence-corrected chi connectivity index (χ2v) is 6.18. The number of benzene rings is 2. The molecule has 0 saturated carbocycles. The maximum atomic E-state index is 9.81. The van der Waals surface area contributed by atoms with Crippen LogP contribution in [0.5, 0.6) is 23.0 Å². The van der Waals surface area contributed by atoms with Crippen molar-refractivity contribution in [1.82, 2.24) is 9.55 Å². The number of ether oxygens (including phenoxy) is 3. The molecule has 2 aromatic carbocycles. The third-order valence-electron chi connectivity index (χ3n) is 4.43. The highest BCUT2D eigenvalue weighted by Crippen LogP contribution is 2.36. The Bertz CT molecular complexity index is 968. The van der Waals surface area contributed by atoms with E-state index in [9.17, 15) is 5.11 Å². The van der Waals surface area contributed by atoms with Crippen molar-refractivity contribution >= 4 is 5.95 Å². The standard InChI is InChI=1S/C20H21N3O4/c1-3-25-18-8-13(4-6-16(18)24)10-21-20-22-11-15(23(20)2)14-5-7-17-19(9-14)27-12-26-17/h4-9,11,24H,3,10,12H2,1-2H3,(H,21,22). The van der Waals surface area contributed by atoms with Gasteiger partial charge in [-0.25, -0.2) is 4.98 Å². The van der Waals surface area contributed by atoms with Crippen LogP contribution in [0.1, 0.15) is 12.5 Å². The lowest BCUT2D eigenvalue weighted by molar-refractivity contribution is 0.174. The van der Waals surface area contributed by atoms with Crippen molar-refractivity contribution in [2.24, 2.45) is 7.05 Å². The van der Waals surface area contributed by atoms with E-state index in [2.05, 4.69) is 10.3 Å². The van der Waals surface area contributed by atoms with Gasteiger partial charge in [0.1, 0.15) is 0 Å². The van der Waals surface area contributed by atoms with Crippen LogP contribution in [-0.2, 0) is 13.6 Å². The predicted octanol–water partition coefficient (Wildman–Crippen LogP) is 3.53. The molecule has 1 aliphatic heterocycles. The highest BCUT2D eigenvalue weighted by atomic mass is 16.7. The summed E-state index contributed by atoms with van der Waals surface area (Å²) in [6, 6.07) is 11.2. The van der Waals surface area contributed by atoms with Gasteiger partial charge in [-0.05, 0) is 42.8 Å². The van der Waals surface area contributed by atoms with Gasteiger partial charge in [-0.2, -0.15) is 0 Å². The monoisotopic (exact) mass is 367 g/mol. The quantitative estimate of drug-likeness (QED) is 0.694. The molecule has 1 aromatic heterocycles. The van der Waals surface area contributed by atoms with Crippen molar-refractivity contribution in [2.45, 2.75) is 13.5 Å². The maximum absolute atomic E-state index is 9.81. The zero-order valence-corrected chi connectivity index (χ0v) is 15.2. The molecule has 7 nitrogen and oxygen atoms in total. The summed E-state index contributed by atoms with van der Waals surface area (Å²) in [5.41, 5.74) is 2.96. The van der Waals surface area contributed by atoms with E-state index in [1.54, 1.807) is 6.07 Å². The van der Waals surface area contributed by atoms with Crippen LogP contribution < -0.4 is 19.5 Å². The van der Waals surface area contributed by atoms with E-state index in [4.69, 9.17) is 14.2 Å². The molecule has 140 valence electrons. The van der Waals surface area contributed by atoms with E-state index in [0.29, 0.717) is 18.9 Å². The summed E-state index contributed by atoms with van der Waals surface area (Å²) in [7, 11) is 1.96. The Labute approximate surface area is 157 Å². The minimum atomic E-state index is 0.141. The molecule has 0 radical (unpaired) electrons. The fourth-order valence-corrected chi connectivity index (χ4v) is 3.02. The number of hydrogen-bond acceptors (Lipinski definition) is 6. The number of fused-ring (bicyclic) bond motifs is 1. The summed E-state index contributed by atoms with van der Waals surface area (Å²) in [5.74, 6) is 2.88. The average molecular weight is 367 g/mol. The van der Waals surface area contributed by atoms with Gasteiger partial charge in [0.25, 0.3) is 0 Å². The van der Waals surface area contributed by atoms with E-state index < -0.39 is 0 Å². The van der Waals surface area contributed by atoms with Gasteiger partial charge in [0.05, 0.1) is 18.5 Å². The van der Waals surface area contributed by atoms with Gasteiger partial charge < -0.3 is 29.2 Å². The van der Waals surface area contributed by atoms with Gasteiger partial charge in [0.2, 0.25) is 12.7 Å². The second kappa shape index (κ2) is 7.11. The molecule has 0 bridgehead atoms. The third-order valence-corrected chi connectivity index (χ3v) is 4.43. The number of phenolic OH excluding ortho intramolecular Hbond substituents is 1. The zero-order chi connectivity index (χ0) is 18.8. The van der Waals surface area contributed by atoms with Crippen LogP contribution in [0.2, 0.25) is 0 Å². The third kappa shape index (κ3) is 3.36. The van der Waals surface area contributed by atoms with Crippen LogP contribution in [0.3, 0.4) is 0 Å². The molecular formula is C20H21N3O4. The first-order valence-corrected chi connectivity index (χ1v) is 8.76. The fraction of sp³-hybridized carbons (Fsp3) is 0.250. The summed E-state index contributed by atoms with van der Waals surface area (Å²) in [6.45, 7) is 3.21. The molecule has 0 fully saturated rings. The van der Waals surface area contributed by atoms with Gasteiger partial charge in [-0.1, -0.05) is 6.07 Å². The number of nitrogens with one attached hydrogen (secondary N) is 1. The molecule has 7 heteroatoms. The largest absolute Gasteiger partial charge is 0.504 e. The van der Waals surface area contributed by atoms with Crippen LogP contribution in [0.15, 0.2) is 42.6 Å². The minimum absolute atomic E-state index is 0.141. The molecule has 2 N–H and O–H groups in total. The van der Waals surface area contributed by atoms with Crippen molar-refractivity contribution in [3.63, 3.8) is 0 Å². The first-order chi connectivity index (χ1) is 13.2. The SMILES string of the molecule is CCOc1cc(CNc2ncc(-c3ccc4c(c3)OCO4)n2C)ccc1O. The molecule has 0 atom stereocenters. The Morgan fingerprint density at radius 3 is 2.89 bits per heavy atom. The molecule has 1 aliphatic rings. The molecule has 0 spiro atoms. The Kier molecular flexibility index (Phi) is 4.50. The topological polar surface area (TPSA) is 77.8 Å². The van der Waals surface area contributed by atoms with Crippen molar-refractivity contribution in [2.75, 3.05) is 18.7 Å². The van der Waals surface area contributed by atoms with Crippen molar-refractivity contribution in [1.29, 1.82) is 0 Å². The lowest BCUT2D eigenvalue weighted by atomic mass is 10.1. The van der Waals surface area contributed by atoms with E-state index in [1.807, 2.05) is 55.1 Å². The van der Waals surface area contributed by atoms with Crippen molar-refractivity contribution in [3.8, 4) is 34.3 Å². The fourth-order valence-electron chi connectivity index (χ4n) is 3.02. The highest BCUT2D eigenvalue weighted by Gasteiger charge is 2.16. The lowest BCUT2D eigenvalue weighted by Gasteiger charge is -2.11. The van der Waals surface area contributed by atoms with Gasteiger partial charge in [0.15, 0.2) is 23.0 Å². The summed E-state index contributed by atoms with van der Waals surface area (Å²) < 4.78 is 18.2. The van der Waals surface area contributed by atoms with Crippen molar-refractivity contribution in [3.05, 3.63) is 48.2 Å². The number of hydrogen-bond donors (Lipinski definition) is 2. The first kappa shape index (κ1) is 17.1. The normalized spacial score (nSPS) is 12.2. The Hall–Kier alpha value is -3.35. The van der Waals surface area contributed by atoms with E-state index >= 15 is 0 Å².